The zero-order valence-corrected chi connectivity index (χ0v) is 37.1. The molecule has 0 unspecified atom stereocenters. The summed E-state index contributed by atoms with van der Waals surface area (Å²) >= 11 is 0. The van der Waals surface area contributed by atoms with Gasteiger partial charge in [-0.2, -0.15) is 0 Å². The van der Waals surface area contributed by atoms with Gasteiger partial charge >= 0.3 is 18.8 Å². The predicted molar refractivity (Wildman–Crippen MR) is 219 cm³/mol. The summed E-state index contributed by atoms with van der Waals surface area (Å²) < 4.78 is 153. The second-order valence-electron chi connectivity index (χ2n) is 16.2. The Balaban J connectivity index is 0.000000275. The Morgan fingerprint density at radius 2 is 0.903 bits per heavy atom. The van der Waals surface area contributed by atoms with Gasteiger partial charge in [-0.1, -0.05) is 0 Å². The first-order valence-corrected chi connectivity index (χ1v) is 23.2. The SMILES string of the molecule is CC(C)(C)OC(=O)N1CCC(S(=O)(=O)N2CCC(Oc3ccc(OC(F)(F)F)cc3)CC2)CC1.Cl.O=S(=O)(C1CCNCC1)N1CCC(Oc2ccc(OC(F)(F)F)cc2)CC1. The number of ether oxygens (including phenoxy) is 5. The highest BCUT2D eigenvalue weighted by Gasteiger charge is 2.39. The summed E-state index contributed by atoms with van der Waals surface area (Å²) in [5, 5.41) is 2.29. The van der Waals surface area contributed by atoms with Crippen LogP contribution in [0.1, 0.15) is 72.1 Å². The van der Waals surface area contributed by atoms with Gasteiger partial charge in [0.1, 0.15) is 40.8 Å². The summed E-state index contributed by atoms with van der Waals surface area (Å²) in [5.41, 5.74) is -0.606. The molecule has 0 bridgehead atoms. The number of carbonyl (C=O) groups is 1. The average molecular weight is 953 g/mol. The van der Waals surface area contributed by atoms with E-state index in [2.05, 4.69) is 14.8 Å². The van der Waals surface area contributed by atoms with Crippen LogP contribution in [0.3, 0.4) is 0 Å². The molecule has 0 atom stereocenters. The van der Waals surface area contributed by atoms with E-state index in [1.165, 1.54) is 52.8 Å². The Morgan fingerprint density at radius 1 is 0.565 bits per heavy atom. The van der Waals surface area contributed by atoms with Crippen LogP contribution in [0.15, 0.2) is 48.5 Å². The van der Waals surface area contributed by atoms with E-state index in [0.29, 0.717) is 102 Å². The number of amides is 1. The van der Waals surface area contributed by atoms with Crippen LogP contribution in [-0.4, -0.2) is 130 Å². The third-order valence-corrected chi connectivity index (χ3v) is 15.3. The van der Waals surface area contributed by atoms with Crippen molar-refractivity contribution in [2.45, 2.75) is 113 Å². The highest BCUT2D eigenvalue weighted by molar-refractivity contribution is 7.90. The van der Waals surface area contributed by atoms with E-state index in [4.69, 9.17) is 14.2 Å². The summed E-state index contributed by atoms with van der Waals surface area (Å²) in [6.45, 7) is 8.84. The van der Waals surface area contributed by atoms with Crippen molar-refractivity contribution < 1.29 is 71.7 Å². The minimum atomic E-state index is -4.76. The molecule has 4 saturated heterocycles. The standard InChI is InChI=1S/C22H31F3N2O6S.C17H23F3N2O4S.ClH/c1-21(2,3)33-20(28)26-12-10-19(11-13-26)34(29,30)27-14-8-17(9-15-27)31-16-4-6-18(7-5-16)32-22(23,24)25;18-17(19,20)26-15-3-1-13(2-4-15)25-14-7-11-22(12-8-14)27(23,24)16-5-9-21-10-6-16;/h4-7,17,19H,8-15H2,1-3H3;1-4,14,16,21H,5-12H2;1H. The lowest BCUT2D eigenvalue weighted by Gasteiger charge is -2.37. The van der Waals surface area contributed by atoms with Crippen LogP contribution < -0.4 is 24.3 Å². The molecule has 0 aliphatic carbocycles. The number of halogens is 7. The van der Waals surface area contributed by atoms with E-state index in [1.807, 2.05) is 0 Å². The van der Waals surface area contributed by atoms with Crippen LogP contribution in [0, 0.1) is 0 Å². The van der Waals surface area contributed by atoms with Gasteiger partial charge in [-0.05, 0) is 134 Å². The number of piperidine rings is 4. The smallest absolute Gasteiger partial charge is 0.490 e. The molecular formula is C39H55ClF6N4O10S2. The second kappa shape index (κ2) is 21.5. The zero-order valence-electron chi connectivity index (χ0n) is 34.7. The Bertz CT molecular complexity index is 1930. The van der Waals surface area contributed by atoms with Crippen molar-refractivity contribution in [3.63, 3.8) is 0 Å². The topological polar surface area (TPSA) is 153 Å². The molecule has 4 aliphatic heterocycles. The third kappa shape index (κ3) is 15.7. The Labute approximate surface area is 365 Å². The maximum atomic E-state index is 13.1. The maximum absolute atomic E-state index is 13.1. The summed E-state index contributed by atoms with van der Waals surface area (Å²) in [7, 11) is -6.80. The third-order valence-electron chi connectivity index (χ3n) is 10.5. The monoisotopic (exact) mass is 952 g/mol. The lowest BCUT2D eigenvalue weighted by molar-refractivity contribution is -0.275. The lowest BCUT2D eigenvalue weighted by atomic mass is 10.1. The Morgan fingerprint density at radius 3 is 1.24 bits per heavy atom. The fourth-order valence-electron chi connectivity index (χ4n) is 7.41. The first-order valence-electron chi connectivity index (χ1n) is 20.2. The molecule has 2 aromatic carbocycles. The number of nitrogens with one attached hydrogen (secondary N) is 1. The maximum Gasteiger partial charge on any atom is 0.573 e. The molecule has 23 heteroatoms. The summed E-state index contributed by atoms with van der Waals surface area (Å²) in [5.74, 6) is 0.186. The van der Waals surface area contributed by atoms with Gasteiger partial charge < -0.3 is 33.9 Å². The van der Waals surface area contributed by atoms with Gasteiger partial charge in [0.15, 0.2) is 0 Å². The molecule has 2 aromatic rings. The Kier molecular flexibility index (Phi) is 17.7. The number of nitrogens with zero attached hydrogens (tertiary/aromatic N) is 3. The molecule has 14 nitrogen and oxygen atoms in total. The van der Waals surface area contributed by atoms with Gasteiger partial charge in [0, 0.05) is 39.3 Å². The number of carbonyl (C=O) groups excluding carboxylic acids is 1. The average Bonchev–Trinajstić information content (AvgIpc) is 3.19. The quantitative estimate of drug-likeness (QED) is 0.243. The summed E-state index contributed by atoms with van der Waals surface area (Å²) in [4.78, 5) is 13.8. The summed E-state index contributed by atoms with van der Waals surface area (Å²) in [6, 6.07) is 10.3. The van der Waals surface area contributed by atoms with Gasteiger partial charge in [0.05, 0.1) is 10.5 Å². The van der Waals surface area contributed by atoms with Gasteiger partial charge in [-0.3, -0.25) is 0 Å². The molecule has 4 fully saturated rings. The number of hydrogen-bond acceptors (Lipinski definition) is 11. The number of benzene rings is 2. The molecule has 62 heavy (non-hydrogen) atoms. The fraction of sp³-hybridized carbons (Fsp3) is 0.667. The van der Waals surface area contributed by atoms with Crippen molar-refractivity contribution in [3.05, 3.63) is 48.5 Å². The molecule has 4 aliphatic rings. The van der Waals surface area contributed by atoms with E-state index < -0.39 is 49.7 Å². The van der Waals surface area contributed by atoms with E-state index in [-0.39, 0.29) is 41.4 Å². The Hall–Kier alpha value is -3.44. The van der Waals surface area contributed by atoms with Crippen molar-refractivity contribution in [3.8, 4) is 23.0 Å². The molecule has 0 spiro atoms. The van der Waals surface area contributed by atoms with Crippen LogP contribution in [0.2, 0.25) is 0 Å². The van der Waals surface area contributed by atoms with Gasteiger partial charge in [-0.15, -0.1) is 38.7 Å². The molecule has 1 N–H and O–H groups in total. The molecule has 0 saturated carbocycles. The molecule has 6 rings (SSSR count). The number of alkyl halides is 6. The van der Waals surface area contributed by atoms with Crippen molar-refractivity contribution in [1.29, 1.82) is 0 Å². The van der Waals surface area contributed by atoms with Crippen molar-refractivity contribution in [2.75, 3.05) is 52.4 Å². The van der Waals surface area contributed by atoms with Gasteiger partial charge in [0.2, 0.25) is 20.0 Å². The zero-order chi connectivity index (χ0) is 44.6. The number of sulfonamides is 2. The van der Waals surface area contributed by atoms with E-state index in [1.54, 1.807) is 30.0 Å². The molecule has 0 radical (unpaired) electrons. The highest BCUT2D eigenvalue weighted by atomic mass is 35.5. The minimum absolute atomic E-state index is 0. The van der Waals surface area contributed by atoms with Crippen molar-refractivity contribution >= 4 is 38.5 Å². The number of hydrogen-bond donors (Lipinski definition) is 1. The normalized spacial score (nSPS) is 20.0. The molecule has 4 heterocycles. The molecule has 0 aromatic heterocycles. The highest BCUT2D eigenvalue weighted by Crippen LogP contribution is 2.31. The largest absolute Gasteiger partial charge is 0.573 e. The lowest BCUT2D eigenvalue weighted by Crippen LogP contribution is -2.50. The van der Waals surface area contributed by atoms with Crippen LogP contribution in [0.25, 0.3) is 0 Å². The van der Waals surface area contributed by atoms with Crippen LogP contribution in [-0.2, 0) is 24.8 Å². The first-order chi connectivity index (χ1) is 28.5. The van der Waals surface area contributed by atoms with Gasteiger partial charge in [0.25, 0.3) is 0 Å². The van der Waals surface area contributed by atoms with Crippen LogP contribution >= 0.6 is 12.4 Å². The van der Waals surface area contributed by atoms with Gasteiger partial charge in [-0.25, -0.2) is 30.2 Å². The number of rotatable bonds is 10. The molecule has 1 amide bonds. The van der Waals surface area contributed by atoms with Crippen molar-refractivity contribution in [2.24, 2.45) is 0 Å². The van der Waals surface area contributed by atoms with E-state index >= 15 is 0 Å². The van der Waals surface area contributed by atoms with Crippen LogP contribution in [0.4, 0.5) is 31.1 Å². The van der Waals surface area contributed by atoms with Crippen molar-refractivity contribution in [1.82, 2.24) is 18.8 Å². The van der Waals surface area contributed by atoms with E-state index in [0.717, 1.165) is 13.1 Å². The predicted octanol–water partition coefficient (Wildman–Crippen LogP) is 7.09. The summed E-state index contributed by atoms with van der Waals surface area (Å²) in [6.07, 6.45) is -6.33. The van der Waals surface area contributed by atoms with E-state index in [9.17, 15) is 48.0 Å². The molecular weight excluding hydrogens is 898 g/mol. The fourth-order valence-corrected chi connectivity index (χ4v) is 11.3. The van der Waals surface area contributed by atoms with Crippen LogP contribution in [0.5, 0.6) is 23.0 Å². The minimum Gasteiger partial charge on any atom is -0.490 e. The number of likely N-dealkylation sites (tertiary alicyclic amines) is 1. The molecule has 352 valence electrons. The first kappa shape index (κ1) is 51.2. The second-order valence-corrected chi connectivity index (χ2v) is 20.6.